The van der Waals surface area contributed by atoms with Crippen LogP contribution in [0.1, 0.15) is 43.5 Å². The van der Waals surface area contributed by atoms with Gasteiger partial charge in [-0.2, -0.15) is 4.98 Å². The summed E-state index contributed by atoms with van der Waals surface area (Å²) < 4.78 is 8.06. The number of aromatic amines is 1. The predicted molar refractivity (Wildman–Crippen MR) is 94.4 cm³/mol. The van der Waals surface area contributed by atoms with Crippen LogP contribution in [0.2, 0.25) is 0 Å². The minimum absolute atomic E-state index is 0.595. The Kier molecular flexibility index (Phi) is 5.13. The molecule has 0 aromatic carbocycles. The molecular formula is C17H24N4OS. The molecule has 0 amide bonds. The Balaban J connectivity index is 1.67. The summed E-state index contributed by atoms with van der Waals surface area (Å²) in [5, 5.41) is 3.27. The van der Waals surface area contributed by atoms with Crippen molar-refractivity contribution in [1.29, 1.82) is 0 Å². The molecule has 1 saturated carbocycles. The molecule has 2 heterocycles. The van der Waals surface area contributed by atoms with Crippen LogP contribution < -0.4 is 0 Å². The van der Waals surface area contributed by atoms with Gasteiger partial charge >= 0.3 is 0 Å². The fourth-order valence-electron chi connectivity index (χ4n) is 2.65. The number of hydrogen-bond donors (Lipinski definition) is 1. The monoisotopic (exact) mass is 332 g/mol. The topological polar surface area (TPSA) is 50.0 Å². The van der Waals surface area contributed by atoms with E-state index in [1.165, 1.54) is 12.8 Å². The number of H-pyrrole nitrogens is 1. The maximum Gasteiger partial charge on any atom is 0.217 e. The molecule has 2 aromatic rings. The van der Waals surface area contributed by atoms with Crippen LogP contribution in [0.25, 0.3) is 12.2 Å². The minimum atomic E-state index is 0.595. The highest BCUT2D eigenvalue weighted by molar-refractivity contribution is 7.71. The summed E-state index contributed by atoms with van der Waals surface area (Å²) in [6.45, 7) is 7.18. The van der Waals surface area contributed by atoms with Crippen LogP contribution in [0.3, 0.4) is 0 Å². The van der Waals surface area contributed by atoms with Crippen molar-refractivity contribution in [2.24, 2.45) is 5.92 Å². The molecule has 1 aliphatic rings. The Bertz CT molecular complexity index is 723. The van der Waals surface area contributed by atoms with Gasteiger partial charge in [0.25, 0.3) is 0 Å². The summed E-state index contributed by atoms with van der Waals surface area (Å²) in [5.41, 5.74) is 0. The van der Waals surface area contributed by atoms with Gasteiger partial charge in [-0.05, 0) is 75.2 Å². The number of nitrogens with one attached hydrogen (secondary N) is 1. The van der Waals surface area contributed by atoms with Gasteiger partial charge < -0.3 is 4.42 Å². The molecule has 5 nitrogen and oxygen atoms in total. The normalized spacial score (nSPS) is 15.1. The fourth-order valence-corrected chi connectivity index (χ4v) is 2.85. The van der Waals surface area contributed by atoms with Gasteiger partial charge in [0.2, 0.25) is 4.77 Å². The highest BCUT2D eigenvalue weighted by Crippen LogP contribution is 2.29. The summed E-state index contributed by atoms with van der Waals surface area (Å²) in [6, 6.07) is 3.89. The number of nitrogens with zero attached hydrogens (tertiary/aromatic N) is 3. The zero-order chi connectivity index (χ0) is 16.2. The van der Waals surface area contributed by atoms with Gasteiger partial charge in [0.05, 0.1) is 6.67 Å². The number of hydrogen-bond acceptors (Lipinski definition) is 4. The summed E-state index contributed by atoms with van der Waals surface area (Å²) >= 11 is 5.38. The zero-order valence-corrected chi connectivity index (χ0v) is 14.6. The van der Waals surface area contributed by atoms with E-state index >= 15 is 0 Å². The van der Waals surface area contributed by atoms with Crippen molar-refractivity contribution in [3.8, 4) is 0 Å². The average molecular weight is 332 g/mol. The van der Waals surface area contributed by atoms with Crippen LogP contribution in [-0.4, -0.2) is 32.8 Å². The molecule has 0 aliphatic heterocycles. The second kappa shape index (κ2) is 7.27. The van der Waals surface area contributed by atoms with Gasteiger partial charge in [0.15, 0.2) is 0 Å². The molecule has 0 saturated heterocycles. The van der Waals surface area contributed by atoms with Crippen LogP contribution in [0, 0.1) is 17.6 Å². The maximum absolute atomic E-state index is 5.52. The quantitative estimate of drug-likeness (QED) is 0.740. The average Bonchev–Trinajstić information content (AvgIpc) is 3.12. The number of rotatable bonds is 8. The van der Waals surface area contributed by atoms with E-state index in [4.69, 9.17) is 16.6 Å². The molecule has 0 atom stereocenters. The van der Waals surface area contributed by atoms with Crippen LogP contribution in [0.4, 0.5) is 0 Å². The van der Waals surface area contributed by atoms with E-state index in [0.29, 0.717) is 4.77 Å². The summed E-state index contributed by atoms with van der Waals surface area (Å²) in [5.74, 6) is 3.35. The predicted octanol–water partition coefficient (Wildman–Crippen LogP) is 4.09. The van der Waals surface area contributed by atoms with Crippen molar-refractivity contribution >= 4 is 24.4 Å². The van der Waals surface area contributed by atoms with Gasteiger partial charge in [-0.25, -0.2) is 4.68 Å². The van der Waals surface area contributed by atoms with Gasteiger partial charge in [0.1, 0.15) is 17.3 Å². The Morgan fingerprint density at radius 1 is 1.43 bits per heavy atom. The smallest absolute Gasteiger partial charge is 0.217 e. The first kappa shape index (κ1) is 16.2. The standard InChI is InChI=1S/C17H24N4OS/c1-3-10-20(11-14-5-6-14)12-21-17(23)18-16(19-21)9-8-15-7-4-13(2)22-15/h4,7-9,14H,3,5-6,10-12H2,1-2H3,(H,18,19,23). The lowest BCUT2D eigenvalue weighted by Crippen LogP contribution is -2.30. The Morgan fingerprint density at radius 3 is 2.91 bits per heavy atom. The van der Waals surface area contributed by atoms with E-state index in [1.807, 2.05) is 35.9 Å². The molecule has 1 aliphatic carbocycles. The van der Waals surface area contributed by atoms with Gasteiger partial charge in [-0.15, -0.1) is 0 Å². The number of furan rings is 1. The molecule has 0 bridgehead atoms. The third-order valence-electron chi connectivity index (χ3n) is 3.96. The molecule has 1 N–H and O–H groups in total. The van der Waals surface area contributed by atoms with Crippen molar-refractivity contribution in [3.63, 3.8) is 0 Å². The van der Waals surface area contributed by atoms with E-state index in [0.717, 1.165) is 49.4 Å². The first-order valence-corrected chi connectivity index (χ1v) is 8.68. The second-order valence-corrected chi connectivity index (χ2v) is 6.63. The van der Waals surface area contributed by atoms with E-state index in [-0.39, 0.29) is 0 Å². The van der Waals surface area contributed by atoms with Gasteiger partial charge in [-0.3, -0.25) is 10.00 Å². The van der Waals surface area contributed by atoms with E-state index in [9.17, 15) is 0 Å². The first-order chi connectivity index (χ1) is 11.1. The molecule has 23 heavy (non-hydrogen) atoms. The Hall–Kier alpha value is -1.66. The molecule has 124 valence electrons. The van der Waals surface area contributed by atoms with E-state index in [2.05, 4.69) is 21.9 Å². The molecule has 6 heteroatoms. The SMILES string of the molecule is CCCN(CC1CC1)Cn1[nH]c(C=Cc2ccc(C)o2)nc1=S. The third kappa shape index (κ3) is 4.65. The van der Waals surface area contributed by atoms with Crippen molar-refractivity contribution in [2.75, 3.05) is 13.1 Å². The van der Waals surface area contributed by atoms with Crippen LogP contribution in [0.15, 0.2) is 16.5 Å². The Labute approximate surface area is 142 Å². The van der Waals surface area contributed by atoms with Crippen LogP contribution >= 0.6 is 12.2 Å². The van der Waals surface area contributed by atoms with Gasteiger partial charge in [-0.1, -0.05) is 6.92 Å². The first-order valence-electron chi connectivity index (χ1n) is 8.27. The molecule has 3 rings (SSSR count). The lowest BCUT2D eigenvalue weighted by atomic mass is 10.3. The lowest BCUT2D eigenvalue weighted by molar-refractivity contribution is 0.197. The largest absolute Gasteiger partial charge is 0.462 e. The highest BCUT2D eigenvalue weighted by Gasteiger charge is 2.24. The minimum Gasteiger partial charge on any atom is -0.462 e. The Morgan fingerprint density at radius 2 is 2.26 bits per heavy atom. The van der Waals surface area contributed by atoms with Crippen molar-refractivity contribution in [1.82, 2.24) is 19.7 Å². The molecule has 1 fully saturated rings. The van der Waals surface area contributed by atoms with Crippen LogP contribution in [0.5, 0.6) is 0 Å². The van der Waals surface area contributed by atoms with Crippen molar-refractivity contribution in [2.45, 2.75) is 39.8 Å². The molecule has 0 unspecified atom stereocenters. The zero-order valence-electron chi connectivity index (χ0n) is 13.8. The summed E-state index contributed by atoms with van der Waals surface area (Å²) in [7, 11) is 0. The van der Waals surface area contributed by atoms with E-state index < -0.39 is 0 Å². The third-order valence-corrected chi connectivity index (χ3v) is 4.27. The van der Waals surface area contributed by atoms with Crippen LogP contribution in [-0.2, 0) is 6.67 Å². The maximum atomic E-state index is 5.52. The van der Waals surface area contributed by atoms with Crippen molar-refractivity contribution < 1.29 is 4.42 Å². The molecule has 0 spiro atoms. The second-order valence-electron chi connectivity index (χ2n) is 6.26. The fraction of sp³-hybridized carbons (Fsp3) is 0.529. The molecular weight excluding hydrogens is 308 g/mol. The molecule has 0 radical (unpaired) electrons. The highest BCUT2D eigenvalue weighted by atomic mass is 32.1. The van der Waals surface area contributed by atoms with Crippen molar-refractivity contribution in [3.05, 3.63) is 34.2 Å². The van der Waals surface area contributed by atoms with Gasteiger partial charge in [0, 0.05) is 6.54 Å². The van der Waals surface area contributed by atoms with E-state index in [1.54, 1.807) is 0 Å². The molecule has 2 aromatic heterocycles. The number of aromatic nitrogens is 3. The summed E-state index contributed by atoms with van der Waals surface area (Å²) in [6.07, 6.45) is 7.68. The lowest BCUT2D eigenvalue weighted by Gasteiger charge is -2.21. The number of aryl methyl sites for hydroxylation is 1. The summed E-state index contributed by atoms with van der Waals surface area (Å²) in [4.78, 5) is 6.86.